The number of fused-ring (bicyclic) bond motifs is 1. The molecule has 0 aromatic carbocycles. The molecule has 0 aliphatic heterocycles. The van der Waals surface area contributed by atoms with Crippen molar-refractivity contribution in [3.8, 4) is 16.9 Å². The van der Waals surface area contributed by atoms with E-state index >= 15 is 0 Å². The molecule has 15 heavy (non-hydrogen) atoms. The SMILES string of the molecule is COC(OC)C(=O)O.Oc1ccc2cc1-2. The number of carbonyl (C=O) groups is 1. The maximum absolute atomic E-state index is 9.91. The summed E-state index contributed by atoms with van der Waals surface area (Å²) >= 11 is 0. The van der Waals surface area contributed by atoms with Crippen LogP contribution in [-0.2, 0) is 14.3 Å². The number of hydrogen-bond donors (Lipinski definition) is 2. The Bertz CT molecular complexity index is 357. The maximum atomic E-state index is 9.91. The molecule has 0 saturated heterocycles. The van der Waals surface area contributed by atoms with Gasteiger partial charge in [0.15, 0.2) is 0 Å². The Morgan fingerprint density at radius 2 is 1.93 bits per heavy atom. The zero-order valence-corrected chi connectivity index (χ0v) is 8.43. The van der Waals surface area contributed by atoms with Crippen molar-refractivity contribution in [3.63, 3.8) is 0 Å². The number of phenolic OH excluding ortho intramolecular Hbond substituents is 1. The van der Waals surface area contributed by atoms with E-state index < -0.39 is 12.3 Å². The maximum Gasteiger partial charge on any atom is 0.361 e. The molecule has 0 aromatic heterocycles. The molecule has 0 bridgehead atoms. The Labute approximate surface area is 86.9 Å². The smallest absolute Gasteiger partial charge is 0.361 e. The molecule has 2 N–H and O–H groups in total. The Kier molecular flexibility index (Phi) is 3.65. The van der Waals surface area contributed by atoms with Crippen LogP contribution in [0, 0.1) is 0 Å². The van der Waals surface area contributed by atoms with E-state index in [9.17, 15) is 4.79 Å². The van der Waals surface area contributed by atoms with Crippen LogP contribution in [-0.4, -0.2) is 36.7 Å². The second-order valence-electron chi connectivity index (χ2n) is 2.87. The molecule has 82 valence electrons. The van der Waals surface area contributed by atoms with Gasteiger partial charge in [-0.1, -0.05) is 6.07 Å². The molecule has 2 aliphatic carbocycles. The van der Waals surface area contributed by atoms with Crippen LogP contribution in [0.15, 0.2) is 18.2 Å². The quantitative estimate of drug-likeness (QED) is 0.744. The van der Waals surface area contributed by atoms with Gasteiger partial charge < -0.3 is 19.7 Å². The van der Waals surface area contributed by atoms with Gasteiger partial charge in [0.1, 0.15) is 5.75 Å². The molecule has 0 spiro atoms. The second-order valence-corrected chi connectivity index (χ2v) is 2.87. The highest BCUT2D eigenvalue weighted by Gasteiger charge is 2.15. The van der Waals surface area contributed by atoms with E-state index in [2.05, 4.69) is 9.47 Å². The number of rotatable bonds is 3. The van der Waals surface area contributed by atoms with Gasteiger partial charge in [0.05, 0.1) is 0 Å². The molecule has 2 aliphatic rings. The number of aromatic hydroxyl groups is 1. The number of benzene rings is 1. The highest BCUT2D eigenvalue weighted by Crippen LogP contribution is 2.42. The Hall–Kier alpha value is -1.59. The van der Waals surface area contributed by atoms with Crippen molar-refractivity contribution in [1.82, 2.24) is 0 Å². The summed E-state index contributed by atoms with van der Waals surface area (Å²) in [6, 6.07) is 5.57. The third-order valence-electron chi connectivity index (χ3n) is 1.85. The van der Waals surface area contributed by atoms with Crippen LogP contribution < -0.4 is 0 Å². The van der Waals surface area contributed by atoms with Crippen LogP contribution in [0.1, 0.15) is 0 Å². The lowest BCUT2D eigenvalue weighted by Gasteiger charge is -2.05. The third-order valence-corrected chi connectivity index (χ3v) is 1.85. The van der Waals surface area contributed by atoms with E-state index in [1.54, 1.807) is 6.07 Å². The van der Waals surface area contributed by atoms with Crippen molar-refractivity contribution >= 4 is 5.97 Å². The van der Waals surface area contributed by atoms with E-state index in [-0.39, 0.29) is 0 Å². The summed E-state index contributed by atoms with van der Waals surface area (Å²) in [5.41, 5.74) is 2.22. The minimum absolute atomic E-state index is 0.426. The van der Waals surface area contributed by atoms with Gasteiger partial charge in [0.2, 0.25) is 0 Å². The van der Waals surface area contributed by atoms with E-state index in [0.29, 0.717) is 5.75 Å². The Balaban J connectivity index is 0.000000150. The van der Waals surface area contributed by atoms with Crippen LogP contribution in [0.5, 0.6) is 5.75 Å². The molecular formula is C10H12O5. The van der Waals surface area contributed by atoms with Crippen LogP contribution >= 0.6 is 0 Å². The molecule has 0 amide bonds. The number of ether oxygens (including phenoxy) is 2. The zero-order chi connectivity index (χ0) is 11.4. The van der Waals surface area contributed by atoms with Crippen molar-refractivity contribution in [1.29, 1.82) is 0 Å². The standard InChI is InChI=1S/C6H4O.C4H8O4/c7-6-2-1-4-3-5(4)6;1-7-4(8-2)3(5)6/h1-3,7H;4H,1-2H3,(H,5,6). The molecule has 0 atom stereocenters. The summed E-state index contributed by atoms with van der Waals surface area (Å²) in [7, 11) is 2.53. The normalized spacial score (nSPS) is 10.6. The lowest BCUT2D eigenvalue weighted by molar-refractivity contribution is -0.177. The van der Waals surface area contributed by atoms with Gasteiger partial charge in [-0.2, -0.15) is 0 Å². The number of hydrogen-bond acceptors (Lipinski definition) is 4. The van der Waals surface area contributed by atoms with Crippen molar-refractivity contribution in [3.05, 3.63) is 18.2 Å². The Morgan fingerprint density at radius 3 is 2.00 bits per heavy atom. The van der Waals surface area contributed by atoms with Crippen molar-refractivity contribution in [2.75, 3.05) is 14.2 Å². The van der Waals surface area contributed by atoms with E-state index in [1.165, 1.54) is 19.8 Å². The second kappa shape index (κ2) is 4.77. The fourth-order valence-corrected chi connectivity index (χ4v) is 1.04. The molecule has 0 aromatic rings. The van der Waals surface area contributed by atoms with Gasteiger partial charge >= 0.3 is 5.97 Å². The molecule has 0 fully saturated rings. The first-order valence-electron chi connectivity index (χ1n) is 4.22. The monoisotopic (exact) mass is 212 g/mol. The minimum atomic E-state index is -1.13. The van der Waals surface area contributed by atoms with Gasteiger partial charge in [-0.3, -0.25) is 0 Å². The molecule has 0 saturated carbocycles. The van der Waals surface area contributed by atoms with Gasteiger partial charge in [-0.25, -0.2) is 4.79 Å². The molecule has 0 radical (unpaired) electrons. The summed E-state index contributed by atoms with van der Waals surface area (Å²) < 4.78 is 8.68. The first-order chi connectivity index (χ1) is 7.10. The number of methoxy groups -OCH3 is 2. The van der Waals surface area contributed by atoms with Crippen LogP contribution in [0.3, 0.4) is 0 Å². The number of phenols is 1. The van der Waals surface area contributed by atoms with E-state index in [1.807, 2.05) is 12.1 Å². The predicted molar refractivity (Wildman–Crippen MR) is 52.5 cm³/mol. The zero-order valence-electron chi connectivity index (χ0n) is 8.43. The number of aliphatic carboxylic acids is 1. The summed E-state index contributed by atoms with van der Waals surface area (Å²) in [4.78, 5) is 9.91. The van der Waals surface area contributed by atoms with Crippen LogP contribution in [0.2, 0.25) is 0 Å². The fraction of sp³-hybridized carbons (Fsp3) is 0.300. The highest BCUT2D eigenvalue weighted by molar-refractivity contribution is 5.86. The molecule has 0 heterocycles. The van der Waals surface area contributed by atoms with Gasteiger partial charge in [0.25, 0.3) is 6.29 Å². The summed E-state index contributed by atoms with van der Waals surface area (Å²) in [6.45, 7) is 0. The lowest BCUT2D eigenvalue weighted by atomic mass is 10.5. The first kappa shape index (κ1) is 11.5. The Morgan fingerprint density at radius 1 is 1.33 bits per heavy atom. The predicted octanol–water partition coefficient (Wildman–Crippen LogP) is 1.06. The van der Waals surface area contributed by atoms with Crippen LogP contribution in [0.25, 0.3) is 11.1 Å². The van der Waals surface area contributed by atoms with Crippen molar-refractivity contribution in [2.45, 2.75) is 6.29 Å². The minimum Gasteiger partial charge on any atom is -0.507 e. The molecule has 5 heteroatoms. The molecule has 5 nitrogen and oxygen atoms in total. The first-order valence-corrected chi connectivity index (χ1v) is 4.22. The topological polar surface area (TPSA) is 76.0 Å². The molecular weight excluding hydrogens is 200 g/mol. The largest absolute Gasteiger partial charge is 0.507 e. The lowest BCUT2D eigenvalue weighted by Crippen LogP contribution is -2.23. The summed E-state index contributed by atoms with van der Waals surface area (Å²) in [5, 5.41) is 16.9. The van der Waals surface area contributed by atoms with Crippen molar-refractivity contribution < 1.29 is 24.5 Å². The van der Waals surface area contributed by atoms with Crippen molar-refractivity contribution in [2.24, 2.45) is 0 Å². The van der Waals surface area contributed by atoms with Gasteiger partial charge in [0, 0.05) is 19.8 Å². The van der Waals surface area contributed by atoms with E-state index in [0.717, 1.165) is 5.56 Å². The fourth-order valence-electron chi connectivity index (χ4n) is 1.04. The van der Waals surface area contributed by atoms with E-state index in [4.69, 9.17) is 10.2 Å². The summed E-state index contributed by atoms with van der Waals surface area (Å²) in [6.07, 6.45) is -1.13. The number of carboxylic acid groups (broad SMARTS) is 1. The average molecular weight is 212 g/mol. The number of carboxylic acids is 1. The highest BCUT2D eigenvalue weighted by atomic mass is 16.7. The van der Waals surface area contributed by atoms with Gasteiger partial charge in [-0.05, 0) is 17.7 Å². The van der Waals surface area contributed by atoms with Crippen LogP contribution in [0.4, 0.5) is 0 Å². The third kappa shape index (κ3) is 2.93. The average Bonchev–Trinajstić information content (AvgIpc) is 2.89. The molecule has 0 unspecified atom stereocenters. The van der Waals surface area contributed by atoms with Gasteiger partial charge in [-0.15, -0.1) is 0 Å². The summed E-state index contributed by atoms with van der Waals surface area (Å²) in [5.74, 6) is -0.690. The molecule has 2 rings (SSSR count).